The molecule has 0 atom stereocenters. The van der Waals surface area contributed by atoms with Crippen LogP contribution in [0.2, 0.25) is 0 Å². The van der Waals surface area contributed by atoms with Crippen LogP contribution in [0.25, 0.3) is 0 Å². The first kappa shape index (κ1) is 18.1. The van der Waals surface area contributed by atoms with E-state index in [0.29, 0.717) is 11.4 Å². The van der Waals surface area contributed by atoms with E-state index in [4.69, 9.17) is 0 Å². The summed E-state index contributed by atoms with van der Waals surface area (Å²) in [7, 11) is 0. The maximum Gasteiger partial charge on any atom is 0.267 e. The number of nitrogens with zero attached hydrogens (tertiary/aromatic N) is 1. The van der Waals surface area contributed by atoms with Gasteiger partial charge in [-0.2, -0.15) is 5.26 Å². The van der Waals surface area contributed by atoms with E-state index in [1.54, 1.807) is 12.1 Å². The number of benzene rings is 2. The number of rotatable bonds is 5. The Kier molecular flexibility index (Phi) is 5.80. The van der Waals surface area contributed by atoms with Crippen LogP contribution in [-0.2, 0) is 4.79 Å². The van der Waals surface area contributed by atoms with Crippen molar-refractivity contribution in [3.63, 3.8) is 0 Å². The second-order valence-corrected chi connectivity index (χ2v) is 6.01. The molecule has 1 amide bonds. The average Bonchev–Trinajstić information content (AvgIpc) is 2.57. The lowest BCUT2D eigenvalue weighted by molar-refractivity contribution is -0.112. The zero-order valence-electron chi connectivity index (χ0n) is 14.5. The number of hydrogen-bond donors (Lipinski definition) is 3. The third kappa shape index (κ3) is 4.61. The Bertz CT molecular complexity index is 848. The number of amides is 1. The smallest absolute Gasteiger partial charge is 0.267 e. The molecule has 0 aliphatic heterocycles. The fraction of sp³-hybridized carbons (Fsp3) is 0.200. The van der Waals surface area contributed by atoms with Crippen molar-refractivity contribution in [3.05, 3.63) is 65.4 Å². The minimum absolute atomic E-state index is 0.0361. The van der Waals surface area contributed by atoms with Crippen LogP contribution in [-0.4, -0.2) is 11.0 Å². The van der Waals surface area contributed by atoms with Crippen LogP contribution >= 0.6 is 0 Å². The molecular weight excluding hydrogens is 314 g/mol. The number of phenolic OH excluding ortho intramolecular Hbond substituents is 1. The molecule has 2 aromatic rings. The van der Waals surface area contributed by atoms with Gasteiger partial charge in [-0.25, -0.2) is 0 Å². The first-order valence-corrected chi connectivity index (χ1v) is 7.99. The van der Waals surface area contributed by atoms with Crippen LogP contribution in [0.3, 0.4) is 0 Å². The van der Waals surface area contributed by atoms with Crippen LogP contribution < -0.4 is 10.6 Å². The molecule has 5 nitrogen and oxygen atoms in total. The van der Waals surface area contributed by atoms with Gasteiger partial charge in [-0.15, -0.1) is 0 Å². The molecule has 25 heavy (non-hydrogen) atoms. The molecule has 2 rings (SSSR count). The zero-order valence-corrected chi connectivity index (χ0v) is 14.5. The Balaban J connectivity index is 2.17. The molecule has 0 saturated heterocycles. The molecule has 3 N–H and O–H groups in total. The number of anilines is 2. The van der Waals surface area contributed by atoms with E-state index in [1.165, 1.54) is 12.3 Å². The topological polar surface area (TPSA) is 85.2 Å². The van der Waals surface area contributed by atoms with Crippen LogP contribution in [0.1, 0.15) is 30.9 Å². The van der Waals surface area contributed by atoms with E-state index in [9.17, 15) is 15.2 Å². The SMILES string of the molecule is Cc1cc(O)ccc1N/C=C(/C#N)C(=O)Nc1ccccc1C(C)C. The summed E-state index contributed by atoms with van der Waals surface area (Å²) in [4.78, 5) is 12.4. The summed E-state index contributed by atoms with van der Waals surface area (Å²) in [5, 5.41) is 24.4. The molecule has 0 aliphatic rings. The summed E-state index contributed by atoms with van der Waals surface area (Å²) in [6.07, 6.45) is 1.37. The summed E-state index contributed by atoms with van der Waals surface area (Å²) in [5.41, 5.74) is 3.19. The second kappa shape index (κ2) is 8.02. The highest BCUT2D eigenvalue weighted by atomic mass is 16.3. The maximum absolute atomic E-state index is 12.4. The van der Waals surface area contributed by atoms with Crippen molar-refractivity contribution in [2.45, 2.75) is 26.7 Å². The number of hydrogen-bond acceptors (Lipinski definition) is 4. The van der Waals surface area contributed by atoms with Gasteiger partial charge in [0.15, 0.2) is 0 Å². The Morgan fingerprint density at radius 2 is 1.92 bits per heavy atom. The van der Waals surface area contributed by atoms with Gasteiger partial charge in [0, 0.05) is 17.6 Å². The van der Waals surface area contributed by atoms with Crippen molar-refractivity contribution in [2.24, 2.45) is 0 Å². The largest absolute Gasteiger partial charge is 0.508 e. The van der Waals surface area contributed by atoms with Crippen molar-refractivity contribution in [2.75, 3.05) is 10.6 Å². The Labute approximate surface area is 147 Å². The van der Waals surface area contributed by atoms with Crippen molar-refractivity contribution >= 4 is 17.3 Å². The zero-order chi connectivity index (χ0) is 18.4. The van der Waals surface area contributed by atoms with Gasteiger partial charge >= 0.3 is 0 Å². The van der Waals surface area contributed by atoms with Crippen LogP contribution in [0, 0.1) is 18.3 Å². The van der Waals surface area contributed by atoms with E-state index in [-0.39, 0.29) is 17.2 Å². The molecule has 0 fully saturated rings. The minimum Gasteiger partial charge on any atom is -0.508 e. The molecule has 0 spiro atoms. The van der Waals surface area contributed by atoms with Gasteiger partial charge in [-0.3, -0.25) is 4.79 Å². The highest BCUT2D eigenvalue weighted by Crippen LogP contribution is 2.24. The summed E-state index contributed by atoms with van der Waals surface area (Å²) in [6, 6.07) is 14.3. The summed E-state index contributed by atoms with van der Waals surface area (Å²) >= 11 is 0. The Morgan fingerprint density at radius 3 is 2.56 bits per heavy atom. The average molecular weight is 335 g/mol. The third-order valence-electron chi connectivity index (χ3n) is 3.78. The van der Waals surface area contributed by atoms with Crippen molar-refractivity contribution in [3.8, 4) is 11.8 Å². The number of para-hydroxylation sites is 1. The van der Waals surface area contributed by atoms with Crippen molar-refractivity contribution in [1.82, 2.24) is 0 Å². The molecule has 0 heterocycles. The quantitative estimate of drug-likeness (QED) is 0.432. The van der Waals surface area contributed by atoms with E-state index in [2.05, 4.69) is 10.6 Å². The molecular formula is C20H21N3O2. The number of nitriles is 1. The predicted octanol–water partition coefficient (Wildman–Crippen LogP) is 4.28. The first-order chi connectivity index (χ1) is 11.9. The monoisotopic (exact) mass is 335 g/mol. The molecule has 0 saturated carbocycles. The lowest BCUT2D eigenvalue weighted by Crippen LogP contribution is -2.16. The van der Waals surface area contributed by atoms with Crippen LogP contribution in [0.5, 0.6) is 5.75 Å². The van der Waals surface area contributed by atoms with Crippen molar-refractivity contribution in [1.29, 1.82) is 5.26 Å². The van der Waals surface area contributed by atoms with E-state index in [0.717, 1.165) is 11.1 Å². The molecule has 0 bridgehead atoms. The number of aromatic hydroxyl groups is 1. The van der Waals surface area contributed by atoms with Gasteiger partial charge in [0.2, 0.25) is 0 Å². The predicted molar refractivity (Wildman–Crippen MR) is 99.3 cm³/mol. The number of carbonyl (C=O) groups is 1. The number of aryl methyl sites for hydroxylation is 1. The molecule has 2 aromatic carbocycles. The molecule has 128 valence electrons. The highest BCUT2D eigenvalue weighted by molar-refractivity contribution is 6.07. The first-order valence-electron chi connectivity index (χ1n) is 7.99. The minimum atomic E-state index is -0.473. The standard InChI is InChI=1S/C20H21N3O2/c1-13(2)17-6-4-5-7-19(17)23-20(25)15(11-21)12-22-18-9-8-16(24)10-14(18)3/h4-10,12-13,22,24H,1-3H3,(H,23,25)/b15-12-. The number of nitrogens with one attached hydrogen (secondary N) is 2. The highest BCUT2D eigenvalue weighted by Gasteiger charge is 2.13. The fourth-order valence-corrected chi connectivity index (χ4v) is 2.41. The van der Waals surface area contributed by atoms with Gasteiger partial charge in [-0.05, 0) is 48.2 Å². The second-order valence-electron chi connectivity index (χ2n) is 6.01. The summed E-state index contributed by atoms with van der Waals surface area (Å²) in [6.45, 7) is 5.91. The molecule has 0 aliphatic carbocycles. The molecule has 0 aromatic heterocycles. The van der Waals surface area contributed by atoms with Gasteiger partial charge in [0.1, 0.15) is 17.4 Å². The lowest BCUT2D eigenvalue weighted by Gasteiger charge is -2.13. The van der Waals surface area contributed by atoms with Gasteiger partial charge in [0.25, 0.3) is 5.91 Å². The van der Waals surface area contributed by atoms with Gasteiger partial charge in [-0.1, -0.05) is 32.0 Å². The van der Waals surface area contributed by atoms with Gasteiger partial charge in [0.05, 0.1) is 0 Å². The third-order valence-corrected chi connectivity index (χ3v) is 3.78. The Hall–Kier alpha value is -3.26. The number of phenols is 1. The maximum atomic E-state index is 12.4. The van der Waals surface area contributed by atoms with E-state index >= 15 is 0 Å². The van der Waals surface area contributed by atoms with Crippen LogP contribution in [0.15, 0.2) is 54.2 Å². The van der Waals surface area contributed by atoms with Crippen LogP contribution in [0.4, 0.5) is 11.4 Å². The van der Waals surface area contributed by atoms with E-state index < -0.39 is 5.91 Å². The molecule has 5 heteroatoms. The molecule has 0 unspecified atom stereocenters. The normalized spacial score (nSPS) is 11.1. The summed E-state index contributed by atoms with van der Waals surface area (Å²) in [5.74, 6) is -0.0566. The molecule has 0 radical (unpaired) electrons. The lowest BCUT2D eigenvalue weighted by atomic mass is 10.0. The van der Waals surface area contributed by atoms with E-state index in [1.807, 2.05) is 51.1 Å². The van der Waals surface area contributed by atoms with Crippen molar-refractivity contribution < 1.29 is 9.90 Å². The fourth-order valence-electron chi connectivity index (χ4n) is 2.41. The number of carbonyl (C=O) groups excluding carboxylic acids is 1. The van der Waals surface area contributed by atoms with Gasteiger partial charge < -0.3 is 15.7 Å². The Morgan fingerprint density at radius 1 is 1.20 bits per heavy atom. The summed E-state index contributed by atoms with van der Waals surface area (Å²) < 4.78 is 0.